The molecule has 1 aliphatic heterocycles. The first-order valence-electron chi connectivity index (χ1n) is 6.95. The van der Waals surface area contributed by atoms with E-state index in [1.165, 1.54) is 0 Å². The molecule has 0 spiro atoms. The molecule has 1 unspecified atom stereocenters. The topological polar surface area (TPSA) is 66.5 Å². The monoisotopic (exact) mass is 266 g/mol. The highest BCUT2D eigenvalue weighted by Gasteiger charge is 2.16. The molecule has 0 saturated carbocycles. The van der Waals surface area contributed by atoms with Crippen molar-refractivity contribution < 1.29 is 14.3 Å². The van der Waals surface area contributed by atoms with Crippen LogP contribution in [-0.2, 0) is 16.0 Å². The van der Waals surface area contributed by atoms with Crippen LogP contribution in [0.2, 0.25) is 0 Å². The number of anilines is 1. The molecule has 1 fully saturated rings. The second-order valence-corrected chi connectivity index (χ2v) is 4.86. The van der Waals surface area contributed by atoms with Crippen LogP contribution in [0, 0.1) is 0 Å². The average molecular weight is 266 g/mol. The summed E-state index contributed by atoms with van der Waals surface area (Å²) in [5.74, 6) is -0.300. The molecule has 5 heteroatoms. The van der Waals surface area contributed by atoms with E-state index >= 15 is 0 Å². The van der Waals surface area contributed by atoms with Gasteiger partial charge in [0.05, 0.1) is 18.4 Å². The van der Waals surface area contributed by atoms with Gasteiger partial charge in [0, 0.05) is 19.3 Å². The number of rotatable bonds is 6. The second kappa shape index (κ2) is 6.61. The number of esters is 1. The number of carbonyl (C=O) groups excluding carboxylic acids is 1. The van der Waals surface area contributed by atoms with Crippen LogP contribution in [0.1, 0.15) is 43.1 Å². The Kier molecular flexibility index (Phi) is 4.85. The third-order valence-electron chi connectivity index (χ3n) is 3.40. The van der Waals surface area contributed by atoms with E-state index in [-0.39, 0.29) is 5.97 Å². The number of hydrogen-bond acceptors (Lipinski definition) is 4. The third kappa shape index (κ3) is 3.73. The first-order chi connectivity index (χ1) is 9.20. The van der Waals surface area contributed by atoms with Crippen molar-refractivity contribution in [2.75, 3.05) is 18.9 Å². The molecule has 1 aliphatic rings. The van der Waals surface area contributed by atoms with Gasteiger partial charge in [-0.2, -0.15) is 0 Å². The van der Waals surface area contributed by atoms with E-state index in [1.54, 1.807) is 16.8 Å². The van der Waals surface area contributed by atoms with Gasteiger partial charge in [0.2, 0.25) is 0 Å². The zero-order chi connectivity index (χ0) is 13.7. The maximum Gasteiger partial charge on any atom is 0.355 e. The zero-order valence-corrected chi connectivity index (χ0v) is 11.4. The van der Waals surface area contributed by atoms with Gasteiger partial charge in [-0.05, 0) is 38.7 Å². The molecular weight excluding hydrogens is 244 g/mol. The van der Waals surface area contributed by atoms with Crippen LogP contribution in [0.3, 0.4) is 0 Å². The van der Waals surface area contributed by atoms with Crippen LogP contribution in [0.4, 0.5) is 5.69 Å². The van der Waals surface area contributed by atoms with Crippen molar-refractivity contribution in [1.29, 1.82) is 0 Å². The summed E-state index contributed by atoms with van der Waals surface area (Å²) in [6.07, 6.45) is 6.19. The summed E-state index contributed by atoms with van der Waals surface area (Å²) in [4.78, 5) is 11.9. The lowest BCUT2D eigenvalue weighted by atomic mass is 10.1. The Labute approximate surface area is 113 Å². The summed E-state index contributed by atoms with van der Waals surface area (Å²) in [7, 11) is 0. The Hall–Kier alpha value is -1.49. The molecule has 2 heterocycles. The number of nitrogen functional groups attached to an aromatic ring is 1. The zero-order valence-electron chi connectivity index (χ0n) is 11.4. The summed E-state index contributed by atoms with van der Waals surface area (Å²) < 4.78 is 12.6. The van der Waals surface area contributed by atoms with Crippen molar-refractivity contribution in [2.45, 2.75) is 45.3 Å². The molecule has 1 aromatic heterocycles. The molecule has 0 radical (unpaired) electrons. The van der Waals surface area contributed by atoms with Gasteiger partial charge in [-0.15, -0.1) is 0 Å². The Morgan fingerprint density at radius 2 is 2.47 bits per heavy atom. The quantitative estimate of drug-likeness (QED) is 0.633. The fourth-order valence-electron chi connectivity index (χ4n) is 2.39. The summed E-state index contributed by atoms with van der Waals surface area (Å²) in [5.41, 5.74) is 6.80. The van der Waals surface area contributed by atoms with Crippen LogP contribution >= 0.6 is 0 Å². The predicted molar refractivity (Wildman–Crippen MR) is 73.0 cm³/mol. The van der Waals surface area contributed by atoms with Crippen LogP contribution in [0.15, 0.2) is 12.3 Å². The molecule has 2 N–H and O–H groups in total. The van der Waals surface area contributed by atoms with Gasteiger partial charge in [-0.25, -0.2) is 4.79 Å². The van der Waals surface area contributed by atoms with Gasteiger partial charge in [0.15, 0.2) is 0 Å². The number of nitrogens with two attached hydrogens (primary N) is 1. The Morgan fingerprint density at radius 3 is 3.16 bits per heavy atom. The lowest BCUT2D eigenvalue weighted by molar-refractivity contribution is 0.0450. The second-order valence-electron chi connectivity index (χ2n) is 4.86. The summed E-state index contributed by atoms with van der Waals surface area (Å²) in [6, 6.07) is 1.66. The van der Waals surface area contributed by atoms with Crippen molar-refractivity contribution in [1.82, 2.24) is 4.57 Å². The normalized spacial score (nSPS) is 18.7. The minimum Gasteiger partial charge on any atom is -0.461 e. The number of nitrogens with zero attached hydrogens (tertiary/aromatic N) is 1. The lowest BCUT2D eigenvalue weighted by Crippen LogP contribution is -2.13. The summed E-state index contributed by atoms with van der Waals surface area (Å²) in [5, 5.41) is 0. The van der Waals surface area contributed by atoms with E-state index in [2.05, 4.69) is 0 Å². The molecule has 0 bridgehead atoms. The number of aryl methyl sites for hydroxylation is 1. The lowest BCUT2D eigenvalue weighted by Gasteiger charge is -2.10. The molecule has 2 rings (SSSR count). The minimum atomic E-state index is -0.300. The van der Waals surface area contributed by atoms with E-state index in [0.717, 1.165) is 32.3 Å². The van der Waals surface area contributed by atoms with Crippen molar-refractivity contribution in [3.8, 4) is 0 Å². The smallest absolute Gasteiger partial charge is 0.355 e. The van der Waals surface area contributed by atoms with Crippen LogP contribution in [0.25, 0.3) is 0 Å². The van der Waals surface area contributed by atoms with Gasteiger partial charge >= 0.3 is 5.97 Å². The first kappa shape index (κ1) is 13.9. The van der Waals surface area contributed by atoms with E-state index in [4.69, 9.17) is 15.2 Å². The molecule has 1 aromatic rings. The fraction of sp³-hybridized carbons (Fsp3) is 0.643. The highest BCUT2D eigenvalue weighted by Crippen LogP contribution is 2.17. The molecule has 1 saturated heterocycles. The number of hydrogen-bond donors (Lipinski definition) is 1. The van der Waals surface area contributed by atoms with Crippen molar-refractivity contribution in [3.63, 3.8) is 0 Å². The van der Waals surface area contributed by atoms with Gasteiger partial charge in [0.1, 0.15) is 5.69 Å². The summed E-state index contributed by atoms with van der Waals surface area (Å²) in [6.45, 7) is 3.98. The van der Waals surface area contributed by atoms with E-state index in [9.17, 15) is 4.79 Å². The van der Waals surface area contributed by atoms with Gasteiger partial charge in [0.25, 0.3) is 0 Å². The SMILES string of the molecule is CCn1cc(N)cc1C(=O)OCCCC1CCCO1. The van der Waals surface area contributed by atoms with E-state index in [0.29, 0.717) is 30.6 Å². The van der Waals surface area contributed by atoms with Crippen LogP contribution < -0.4 is 5.73 Å². The molecule has 1 atom stereocenters. The van der Waals surface area contributed by atoms with Gasteiger partial charge < -0.3 is 19.8 Å². The van der Waals surface area contributed by atoms with Crippen LogP contribution in [-0.4, -0.2) is 29.9 Å². The maximum atomic E-state index is 11.9. The third-order valence-corrected chi connectivity index (χ3v) is 3.40. The summed E-state index contributed by atoms with van der Waals surface area (Å²) >= 11 is 0. The molecule has 0 aliphatic carbocycles. The number of ether oxygens (including phenoxy) is 2. The average Bonchev–Trinajstić information content (AvgIpc) is 3.03. The highest BCUT2D eigenvalue weighted by atomic mass is 16.5. The Morgan fingerprint density at radius 1 is 1.63 bits per heavy atom. The van der Waals surface area contributed by atoms with Gasteiger partial charge in [-0.1, -0.05) is 0 Å². The van der Waals surface area contributed by atoms with Crippen molar-refractivity contribution >= 4 is 11.7 Å². The highest BCUT2D eigenvalue weighted by molar-refractivity contribution is 5.89. The van der Waals surface area contributed by atoms with Gasteiger partial charge in [-0.3, -0.25) is 0 Å². The van der Waals surface area contributed by atoms with Crippen molar-refractivity contribution in [2.24, 2.45) is 0 Å². The molecule has 0 amide bonds. The first-order valence-corrected chi connectivity index (χ1v) is 6.95. The van der Waals surface area contributed by atoms with Crippen molar-refractivity contribution in [3.05, 3.63) is 18.0 Å². The fourth-order valence-corrected chi connectivity index (χ4v) is 2.39. The molecular formula is C14H22N2O3. The van der Waals surface area contributed by atoms with E-state index < -0.39 is 0 Å². The minimum absolute atomic E-state index is 0.300. The molecule has 0 aromatic carbocycles. The molecule has 106 valence electrons. The molecule has 5 nitrogen and oxygen atoms in total. The number of carbonyl (C=O) groups is 1. The maximum absolute atomic E-state index is 11.9. The molecule has 19 heavy (non-hydrogen) atoms. The Bertz CT molecular complexity index is 422. The number of aromatic nitrogens is 1. The van der Waals surface area contributed by atoms with Crippen LogP contribution in [0.5, 0.6) is 0 Å². The van der Waals surface area contributed by atoms with E-state index in [1.807, 2.05) is 6.92 Å². The predicted octanol–water partition coefficient (Wildman–Crippen LogP) is 2.21. The largest absolute Gasteiger partial charge is 0.461 e. The Balaban J connectivity index is 1.74. The standard InChI is InChI=1S/C14H22N2O3/c1-2-16-10-11(15)9-13(16)14(17)19-8-4-6-12-5-3-7-18-12/h9-10,12H,2-8,15H2,1H3.